The van der Waals surface area contributed by atoms with Gasteiger partial charge in [-0.15, -0.1) is 0 Å². The second-order valence-corrected chi connectivity index (χ2v) is 10.9. The average molecular weight is 565 g/mol. The molecule has 0 bridgehead atoms. The van der Waals surface area contributed by atoms with Crippen molar-refractivity contribution in [1.82, 2.24) is 0 Å². The molecule has 0 radical (unpaired) electrons. The van der Waals surface area contributed by atoms with Crippen molar-refractivity contribution < 1.29 is 22.3 Å². The molecule has 1 unspecified atom stereocenters. The van der Waals surface area contributed by atoms with Crippen molar-refractivity contribution in [3.8, 4) is 16.9 Å². The monoisotopic (exact) mass is 564 g/mol. The van der Waals surface area contributed by atoms with Gasteiger partial charge in [0.25, 0.3) is 0 Å². The maximum absolute atomic E-state index is 15.2. The van der Waals surface area contributed by atoms with Crippen molar-refractivity contribution in [3.05, 3.63) is 107 Å². The fraction of sp³-hybridized carbons (Fsp3) is 0.389. The van der Waals surface area contributed by atoms with Crippen LogP contribution in [-0.2, 0) is 12.8 Å². The van der Waals surface area contributed by atoms with E-state index in [0.717, 1.165) is 63.4 Å². The van der Waals surface area contributed by atoms with Crippen LogP contribution >= 0.6 is 0 Å². The second-order valence-electron chi connectivity index (χ2n) is 10.9. The molecular formula is C36H40F4O. The Morgan fingerprint density at radius 3 is 2.02 bits per heavy atom. The van der Waals surface area contributed by atoms with Gasteiger partial charge in [-0.05, 0) is 79.7 Å². The van der Waals surface area contributed by atoms with E-state index in [2.05, 4.69) is 43.3 Å². The van der Waals surface area contributed by atoms with Crippen molar-refractivity contribution in [2.75, 3.05) is 6.61 Å². The van der Waals surface area contributed by atoms with E-state index < -0.39 is 23.3 Å². The zero-order valence-corrected chi connectivity index (χ0v) is 24.1. The number of hydrogen-bond donors (Lipinski definition) is 0. The summed E-state index contributed by atoms with van der Waals surface area (Å²) < 4.78 is 65.1. The molecule has 0 amide bonds. The van der Waals surface area contributed by atoms with Crippen LogP contribution < -0.4 is 4.74 Å². The van der Waals surface area contributed by atoms with Gasteiger partial charge in [-0.2, -0.15) is 4.39 Å². The van der Waals surface area contributed by atoms with Gasteiger partial charge in [0.1, 0.15) is 0 Å². The molecule has 0 aromatic heterocycles. The smallest absolute Gasteiger partial charge is 0.201 e. The number of hydrogen-bond acceptors (Lipinski definition) is 1. The third-order valence-corrected chi connectivity index (χ3v) is 7.79. The minimum absolute atomic E-state index is 0.178. The third-order valence-electron chi connectivity index (χ3n) is 7.79. The highest BCUT2D eigenvalue weighted by atomic mass is 19.2. The van der Waals surface area contributed by atoms with Crippen LogP contribution in [0.4, 0.5) is 17.6 Å². The molecule has 0 fully saturated rings. The van der Waals surface area contributed by atoms with Gasteiger partial charge in [0, 0.05) is 16.7 Å². The largest absolute Gasteiger partial charge is 0.490 e. The van der Waals surface area contributed by atoms with E-state index in [1.807, 2.05) is 13.0 Å². The zero-order chi connectivity index (χ0) is 29.2. The summed E-state index contributed by atoms with van der Waals surface area (Å²) in [5.41, 5.74) is 2.99. The van der Waals surface area contributed by atoms with Crippen molar-refractivity contribution in [3.63, 3.8) is 0 Å². The van der Waals surface area contributed by atoms with Crippen LogP contribution in [0.2, 0.25) is 0 Å². The number of rotatable bonds is 13. The summed E-state index contributed by atoms with van der Waals surface area (Å²) in [5, 5.41) is 0. The molecule has 0 saturated carbocycles. The molecule has 4 rings (SSSR count). The quantitative estimate of drug-likeness (QED) is 0.114. The fourth-order valence-electron chi connectivity index (χ4n) is 5.36. The lowest BCUT2D eigenvalue weighted by Crippen LogP contribution is -2.06. The Balaban J connectivity index is 1.37. The molecule has 0 heterocycles. The van der Waals surface area contributed by atoms with Crippen molar-refractivity contribution in [2.24, 2.45) is 5.92 Å². The summed E-state index contributed by atoms with van der Waals surface area (Å²) in [4.78, 5) is 0. The first-order chi connectivity index (χ1) is 19.9. The Kier molecular flexibility index (Phi) is 11.2. The van der Waals surface area contributed by atoms with Gasteiger partial charge in [-0.1, -0.05) is 87.7 Å². The van der Waals surface area contributed by atoms with Crippen LogP contribution in [0, 0.1) is 29.2 Å². The molecule has 3 aromatic carbocycles. The van der Waals surface area contributed by atoms with E-state index in [1.165, 1.54) is 35.4 Å². The van der Waals surface area contributed by atoms with Crippen LogP contribution in [0.3, 0.4) is 0 Å². The van der Waals surface area contributed by atoms with Crippen LogP contribution in [0.5, 0.6) is 5.75 Å². The minimum atomic E-state index is -1.25. The van der Waals surface area contributed by atoms with Crippen LogP contribution in [0.15, 0.2) is 66.8 Å². The molecular weight excluding hydrogens is 524 g/mol. The van der Waals surface area contributed by atoms with Gasteiger partial charge in [-0.25, -0.2) is 13.2 Å². The summed E-state index contributed by atoms with van der Waals surface area (Å²) in [5.74, 6) is -4.52. The molecule has 5 heteroatoms. The molecule has 1 aliphatic carbocycles. The van der Waals surface area contributed by atoms with Crippen molar-refractivity contribution >= 4 is 5.57 Å². The number of unbranched alkanes of at least 4 members (excludes halogenated alkanes) is 2. The molecule has 0 aliphatic heterocycles. The van der Waals surface area contributed by atoms with E-state index in [4.69, 9.17) is 4.74 Å². The lowest BCUT2D eigenvalue weighted by molar-refractivity contribution is 0.286. The highest BCUT2D eigenvalue weighted by Gasteiger charge is 2.23. The van der Waals surface area contributed by atoms with Crippen LogP contribution in [-0.4, -0.2) is 6.61 Å². The van der Waals surface area contributed by atoms with Gasteiger partial charge in [0.15, 0.2) is 23.2 Å². The van der Waals surface area contributed by atoms with Crippen LogP contribution in [0.25, 0.3) is 16.7 Å². The Bertz CT molecular complexity index is 1360. The van der Waals surface area contributed by atoms with Gasteiger partial charge in [0.2, 0.25) is 5.82 Å². The standard InChI is InChI=1S/C36H40F4O/c1-3-5-8-24-41-32-23-22-31(35(39)36(32)40)30-21-20-29(33(37)34(30)38)28-18-16-27(17-19-28)11-7-6-10-26-14-12-25(9-4-2)13-15-26/h7,11-15,18,20-23,27H,3-6,8-10,16-17,19,24H2,1-2H3/b11-7+. The summed E-state index contributed by atoms with van der Waals surface area (Å²) in [7, 11) is 0. The van der Waals surface area contributed by atoms with E-state index >= 15 is 8.78 Å². The number of ether oxygens (including phenoxy) is 1. The molecule has 3 aromatic rings. The Morgan fingerprint density at radius 1 is 0.732 bits per heavy atom. The lowest BCUT2D eigenvalue weighted by Gasteiger charge is -2.20. The molecule has 0 saturated heterocycles. The predicted molar refractivity (Wildman–Crippen MR) is 160 cm³/mol. The first-order valence-electron chi connectivity index (χ1n) is 15.0. The average Bonchev–Trinajstić information content (AvgIpc) is 2.99. The summed E-state index contributed by atoms with van der Waals surface area (Å²) in [6.45, 7) is 4.48. The summed E-state index contributed by atoms with van der Waals surface area (Å²) in [6, 6.07) is 14.1. The highest BCUT2D eigenvalue weighted by Crippen LogP contribution is 2.37. The van der Waals surface area contributed by atoms with E-state index in [9.17, 15) is 8.78 Å². The number of aryl methyl sites for hydroxylation is 2. The van der Waals surface area contributed by atoms with Crippen LogP contribution in [0.1, 0.15) is 81.9 Å². The summed E-state index contributed by atoms with van der Waals surface area (Å²) >= 11 is 0. The topological polar surface area (TPSA) is 9.23 Å². The van der Waals surface area contributed by atoms with Gasteiger partial charge < -0.3 is 4.74 Å². The predicted octanol–water partition coefficient (Wildman–Crippen LogP) is 10.8. The first-order valence-corrected chi connectivity index (χ1v) is 15.0. The molecule has 218 valence electrons. The fourth-order valence-corrected chi connectivity index (χ4v) is 5.36. The summed E-state index contributed by atoms with van der Waals surface area (Å²) in [6.07, 6.45) is 15.5. The molecule has 1 atom stereocenters. The minimum Gasteiger partial charge on any atom is -0.490 e. The Morgan fingerprint density at radius 2 is 1.37 bits per heavy atom. The van der Waals surface area contributed by atoms with Crippen molar-refractivity contribution in [2.45, 2.75) is 78.1 Å². The second kappa shape index (κ2) is 15.0. The Hall–Kier alpha value is -3.34. The van der Waals surface area contributed by atoms with Gasteiger partial charge in [-0.3, -0.25) is 0 Å². The van der Waals surface area contributed by atoms with Gasteiger partial charge >= 0.3 is 0 Å². The molecule has 1 nitrogen and oxygen atoms in total. The molecule has 41 heavy (non-hydrogen) atoms. The number of halogens is 4. The van der Waals surface area contributed by atoms with Crippen molar-refractivity contribution in [1.29, 1.82) is 0 Å². The molecule has 0 N–H and O–H groups in total. The maximum atomic E-state index is 15.2. The highest BCUT2D eigenvalue weighted by molar-refractivity contribution is 5.72. The van der Waals surface area contributed by atoms with Gasteiger partial charge in [0.05, 0.1) is 6.61 Å². The normalized spacial score (nSPS) is 15.4. The third kappa shape index (κ3) is 7.90. The first kappa shape index (κ1) is 30.6. The zero-order valence-electron chi connectivity index (χ0n) is 24.1. The molecule has 1 aliphatic rings. The number of benzene rings is 3. The maximum Gasteiger partial charge on any atom is 0.201 e. The molecule has 0 spiro atoms. The lowest BCUT2D eigenvalue weighted by atomic mass is 9.85. The van der Waals surface area contributed by atoms with E-state index in [1.54, 1.807) is 0 Å². The number of allylic oxidation sites excluding steroid dienone is 4. The van der Waals surface area contributed by atoms with E-state index in [-0.39, 0.29) is 29.0 Å². The Labute approximate surface area is 242 Å². The van der Waals surface area contributed by atoms with E-state index in [0.29, 0.717) is 12.3 Å². The SMILES string of the molecule is CCCCCOc1ccc(-c2ccc(C3=CCC(/C=C/CCc4ccc(CCC)cc4)CC3)c(F)c2F)c(F)c1F.